The van der Waals surface area contributed by atoms with Crippen LogP contribution in [-0.2, 0) is 0 Å². The molecule has 0 aliphatic rings. The summed E-state index contributed by atoms with van der Waals surface area (Å²) in [5, 5.41) is 0. The van der Waals surface area contributed by atoms with E-state index in [1.807, 2.05) is 0 Å². The molecule has 0 aromatic carbocycles. The molecular formula is C6H6N2. The van der Waals surface area contributed by atoms with Gasteiger partial charge in [0.2, 0.25) is 0 Å². The van der Waals surface area contributed by atoms with Gasteiger partial charge in [-0.1, -0.05) is 0 Å². The molecule has 40 valence electrons. The standard InChI is InChI=1S/C6H6N2/c1-5-4-6(7)2-3-8-5/h1-4H,(H2,7,8). The van der Waals surface area contributed by atoms with Gasteiger partial charge in [0, 0.05) is 24.5 Å². The number of nitrogens with two attached hydrogens (primary N) is 1. The number of hydrogen-bond donors (Lipinski definition) is 1. The van der Waals surface area contributed by atoms with Crippen molar-refractivity contribution in [1.29, 1.82) is 0 Å². The van der Waals surface area contributed by atoms with Crippen molar-refractivity contribution in [2.45, 2.75) is 0 Å². The summed E-state index contributed by atoms with van der Waals surface area (Å²) >= 11 is 0. The molecule has 0 amide bonds. The summed E-state index contributed by atoms with van der Waals surface area (Å²) in [5.74, 6) is 0. The molecule has 0 bridgehead atoms. The predicted octanol–water partition coefficient (Wildman–Crippen LogP) is 0.723. The van der Waals surface area contributed by atoms with E-state index >= 15 is 0 Å². The lowest BCUT2D eigenvalue weighted by Crippen LogP contribution is -1.85. The van der Waals surface area contributed by atoms with E-state index in [1.54, 1.807) is 18.3 Å². The molecule has 2 radical (unpaired) electrons. The molecule has 0 spiro atoms. The van der Waals surface area contributed by atoms with Crippen molar-refractivity contribution in [3.05, 3.63) is 30.9 Å². The highest BCUT2D eigenvalue weighted by Gasteiger charge is 1.83. The van der Waals surface area contributed by atoms with Gasteiger partial charge in [-0.3, -0.25) is 4.98 Å². The molecule has 0 aliphatic heterocycles. The summed E-state index contributed by atoms with van der Waals surface area (Å²) in [7, 11) is 0. The number of aromatic nitrogens is 1. The van der Waals surface area contributed by atoms with Gasteiger partial charge in [-0.25, -0.2) is 0 Å². The number of anilines is 1. The maximum atomic E-state index is 5.34. The van der Waals surface area contributed by atoms with E-state index < -0.39 is 0 Å². The lowest BCUT2D eigenvalue weighted by molar-refractivity contribution is 1.27. The second kappa shape index (κ2) is 1.82. The fraction of sp³-hybridized carbons (Fsp3) is 0. The summed E-state index contributed by atoms with van der Waals surface area (Å²) in [6, 6.07) is 3.30. The SMILES string of the molecule is [CH]c1cc(N)ccn1. The number of nitrogen functional groups attached to an aromatic ring is 1. The summed E-state index contributed by atoms with van der Waals surface area (Å²) in [5.41, 5.74) is 6.45. The van der Waals surface area contributed by atoms with Gasteiger partial charge in [0.1, 0.15) is 0 Å². The average molecular weight is 106 g/mol. The fourth-order valence-electron chi connectivity index (χ4n) is 0.466. The Morgan fingerprint density at radius 3 is 2.75 bits per heavy atom. The Balaban J connectivity index is 3.08. The van der Waals surface area contributed by atoms with E-state index in [9.17, 15) is 0 Å². The smallest absolute Gasteiger partial charge is 0.0468 e. The molecule has 0 saturated carbocycles. The summed E-state index contributed by atoms with van der Waals surface area (Å²) < 4.78 is 0. The summed E-state index contributed by atoms with van der Waals surface area (Å²) in [6.07, 6.45) is 1.57. The van der Waals surface area contributed by atoms with Crippen LogP contribution in [0, 0.1) is 6.92 Å². The van der Waals surface area contributed by atoms with Crippen molar-refractivity contribution in [3.63, 3.8) is 0 Å². The van der Waals surface area contributed by atoms with Crippen molar-refractivity contribution < 1.29 is 0 Å². The lowest BCUT2D eigenvalue weighted by Gasteiger charge is -1.90. The number of pyridine rings is 1. The number of rotatable bonds is 0. The topological polar surface area (TPSA) is 38.9 Å². The van der Waals surface area contributed by atoms with Crippen LogP contribution in [0.15, 0.2) is 18.3 Å². The van der Waals surface area contributed by atoms with Gasteiger partial charge in [0.25, 0.3) is 0 Å². The largest absolute Gasteiger partial charge is 0.399 e. The maximum absolute atomic E-state index is 5.34. The van der Waals surface area contributed by atoms with Crippen molar-refractivity contribution >= 4 is 5.69 Å². The van der Waals surface area contributed by atoms with Crippen LogP contribution >= 0.6 is 0 Å². The van der Waals surface area contributed by atoms with Crippen LogP contribution in [0.1, 0.15) is 5.69 Å². The minimum Gasteiger partial charge on any atom is -0.399 e. The average Bonchev–Trinajstić information content (AvgIpc) is 1.64. The molecule has 2 heteroatoms. The van der Waals surface area contributed by atoms with Gasteiger partial charge in [-0.05, 0) is 12.1 Å². The van der Waals surface area contributed by atoms with Crippen LogP contribution in [0.5, 0.6) is 0 Å². The fourth-order valence-corrected chi connectivity index (χ4v) is 0.466. The number of nitrogens with zero attached hydrogens (tertiary/aromatic N) is 1. The zero-order valence-electron chi connectivity index (χ0n) is 4.33. The molecule has 2 nitrogen and oxygen atoms in total. The molecule has 1 aromatic heterocycles. The second-order valence-corrected chi connectivity index (χ2v) is 1.51. The normalized spacial score (nSPS) is 9.12. The molecule has 0 atom stereocenters. The van der Waals surface area contributed by atoms with Gasteiger partial charge in [-0.15, -0.1) is 0 Å². The quantitative estimate of drug-likeness (QED) is 0.529. The monoisotopic (exact) mass is 106 g/mol. The molecular weight excluding hydrogens is 100 g/mol. The molecule has 1 heterocycles. The van der Waals surface area contributed by atoms with E-state index in [-0.39, 0.29) is 0 Å². The van der Waals surface area contributed by atoms with Crippen molar-refractivity contribution in [2.24, 2.45) is 0 Å². The van der Waals surface area contributed by atoms with Crippen LogP contribution < -0.4 is 5.73 Å². The molecule has 8 heavy (non-hydrogen) atoms. The molecule has 0 saturated heterocycles. The molecule has 0 aliphatic carbocycles. The third kappa shape index (κ3) is 0.964. The van der Waals surface area contributed by atoms with E-state index in [2.05, 4.69) is 4.98 Å². The van der Waals surface area contributed by atoms with Crippen molar-refractivity contribution in [1.82, 2.24) is 4.98 Å². The predicted molar refractivity (Wildman–Crippen MR) is 32.1 cm³/mol. The van der Waals surface area contributed by atoms with Crippen LogP contribution in [0.25, 0.3) is 0 Å². The number of hydrogen-bond acceptors (Lipinski definition) is 2. The zero-order valence-corrected chi connectivity index (χ0v) is 4.33. The van der Waals surface area contributed by atoms with Gasteiger partial charge < -0.3 is 5.73 Å². The van der Waals surface area contributed by atoms with Crippen LogP contribution in [0.3, 0.4) is 0 Å². The first-order chi connectivity index (χ1) is 3.79. The third-order valence-electron chi connectivity index (χ3n) is 0.805. The Morgan fingerprint density at radius 2 is 2.38 bits per heavy atom. The summed E-state index contributed by atoms with van der Waals surface area (Å²) in [6.45, 7) is 5.27. The van der Waals surface area contributed by atoms with E-state index in [0.29, 0.717) is 11.4 Å². The highest BCUT2D eigenvalue weighted by Crippen LogP contribution is 1.99. The minimum absolute atomic E-state index is 0.463. The Labute approximate surface area is 48.4 Å². The van der Waals surface area contributed by atoms with Gasteiger partial charge in [-0.2, -0.15) is 0 Å². The molecule has 2 N–H and O–H groups in total. The minimum atomic E-state index is 0.463. The van der Waals surface area contributed by atoms with E-state index in [0.717, 1.165) is 0 Å². The molecule has 1 aromatic rings. The third-order valence-corrected chi connectivity index (χ3v) is 0.805. The Bertz CT molecular complexity index is 166. The van der Waals surface area contributed by atoms with Gasteiger partial charge in [0.05, 0.1) is 0 Å². The Hall–Kier alpha value is -1.05. The van der Waals surface area contributed by atoms with Gasteiger partial charge in [0.15, 0.2) is 0 Å². The first-order valence-electron chi connectivity index (χ1n) is 2.26. The second-order valence-electron chi connectivity index (χ2n) is 1.51. The van der Waals surface area contributed by atoms with Gasteiger partial charge >= 0.3 is 0 Å². The Morgan fingerprint density at radius 1 is 1.62 bits per heavy atom. The summed E-state index contributed by atoms with van der Waals surface area (Å²) in [4.78, 5) is 3.74. The highest BCUT2D eigenvalue weighted by atomic mass is 14.7. The van der Waals surface area contributed by atoms with Crippen LogP contribution in [-0.4, -0.2) is 4.98 Å². The lowest BCUT2D eigenvalue weighted by atomic mass is 10.3. The van der Waals surface area contributed by atoms with Crippen LogP contribution in [0.4, 0.5) is 5.69 Å². The van der Waals surface area contributed by atoms with Crippen molar-refractivity contribution in [3.8, 4) is 0 Å². The first-order valence-corrected chi connectivity index (χ1v) is 2.26. The zero-order chi connectivity index (χ0) is 5.98. The van der Waals surface area contributed by atoms with Crippen LogP contribution in [0.2, 0.25) is 0 Å². The highest BCUT2D eigenvalue weighted by molar-refractivity contribution is 5.37. The first kappa shape index (κ1) is 5.09. The van der Waals surface area contributed by atoms with E-state index in [1.165, 1.54) is 0 Å². The van der Waals surface area contributed by atoms with Crippen molar-refractivity contribution in [2.75, 3.05) is 5.73 Å². The molecule has 0 fully saturated rings. The maximum Gasteiger partial charge on any atom is 0.0468 e. The van der Waals surface area contributed by atoms with E-state index in [4.69, 9.17) is 12.7 Å². The Kier molecular flexibility index (Phi) is 1.16. The molecule has 1 rings (SSSR count). The molecule has 0 unspecified atom stereocenters.